The van der Waals surface area contributed by atoms with E-state index in [2.05, 4.69) is 6.92 Å². The summed E-state index contributed by atoms with van der Waals surface area (Å²) in [6.07, 6.45) is 2.02. The Morgan fingerprint density at radius 2 is 1.81 bits per heavy atom. The first-order valence-electron chi connectivity index (χ1n) is 7.46. The fourth-order valence-corrected chi connectivity index (χ4v) is 2.05. The topological polar surface area (TPSA) is 40.6 Å². The number of likely N-dealkylation sites (N-methyl/N-ethyl adjacent to an activating group) is 1. The SMILES string of the molecule is CCCCN(C)C(=O)CN(C(C)=O)c1ccc(C)c(C)c1. The van der Waals surface area contributed by atoms with E-state index in [1.807, 2.05) is 32.0 Å². The quantitative estimate of drug-likeness (QED) is 0.808. The molecule has 2 amide bonds. The molecule has 1 aromatic carbocycles. The lowest BCUT2D eigenvalue weighted by atomic mass is 10.1. The van der Waals surface area contributed by atoms with Crippen molar-refractivity contribution in [2.24, 2.45) is 0 Å². The van der Waals surface area contributed by atoms with Gasteiger partial charge in [-0.25, -0.2) is 0 Å². The minimum atomic E-state index is -0.115. The molecule has 0 saturated heterocycles. The van der Waals surface area contributed by atoms with Crippen LogP contribution in [-0.2, 0) is 9.59 Å². The van der Waals surface area contributed by atoms with Crippen molar-refractivity contribution in [1.82, 2.24) is 4.90 Å². The molecule has 21 heavy (non-hydrogen) atoms. The number of rotatable bonds is 6. The van der Waals surface area contributed by atoms with Crippen molar-refractivity contribution >= 4 is 17.5 Å². The van der Waals surface area contributed by atoms with Crippen molar-refractivity contribution < 1.29 is 9.59 Å². The molecule has 0 aliphatic heterocycles. The summed E-state index contributed by atoms with van der Waals surface area (Å²) in [7, 11) is 1.79. The van der Waals surface area contributed by atoms with Crippen LogP contribution in [0.25, 0.3) is 0 Å². The van der Waals surface area contributed by atoms with Crippen molar-refractivity contribution in [3.63, 3.8) is 0 Å². The first-order valence-corrected chi connectivity index (χ1v) is 7.46. The Balaban J connectivity index is 2.85. The number of carbonyl (C=O) groups excluding carboxylic acids is 2. The van der Waals surface area contributed by atoms with Gasteiger partial charge in [-0.1, -0.05) is 19.4 Å². The first kappa shape index (κ1) is 17.2. The molecule has 116 valence electrons. The Morgan fingerprint density at radius 3 is 2.33 bits per heavy atom. The van der Waals surface area contributed by atoms with Crippen molar-refractivity contribution in [2.45, 2.75) is 40.5 Å². The summed E-state index contributed by atoms with van der Waals surface area (Å²) in [6, 6.07) is 5.82. The molecule has 0 fully saturated rings. The van der Waals surface area contributed by atoms with Crippen molar-refractivity contribution in [3.05, 3.63) is 29.3 Å². The first-order chi connectivity index (χ1) is 9.86. The number of anilines is 1. The lowest BCUT2D eigenvalue weighted by Crippen LogP contribution is -2.41. The number of unbranched alkanes of at least 4 members (excludes halogenated alkanes) is 1. The van der Waals surface area contributed by atoms with Crippen molar-refractivity contribution in [1.29, 1.82) is 0 Å². The molecule has 0 bridgehead atoms. The predicted molar refractivity (Wildman–Crippen MR) is 86.5 cm³/mol. The molecule has 4 nitrogen and oxygen atoms in total. The third kappa shape index (κ3) is 4.88. The van der Waals surface area contributed by atoms with Crippen LogP contribution >= 0.6 is 0 Å². The molecule has 0 atom stereocenters. The molecule has 0 spiro atoms. The highest BCUT2D eigenvalue weighted by Gasteiger charge is 2.18. The summed E-state index contributed by atoms with van der Waals surface area (Å²) < 4.78 is 0. The monoisotopic (exact) mass is 290 g/mol. The van der Waals surface area contributed by atoms with Gasteiger partial charge in [-0.15, -0.1) is 0 Å². The number of carbonyl (C=O) groups is 2. The fourth-order valence-electron chi connectivity index (χ4n) is 2.05. The van der Waals surface area contributed by atoms with Gasteiger partial charge in [0.25, 0.3) is 0 Å². The molecule has 0 saturated carbocycles. The van der Waals surface area contributed by atoms with Crippen LogP contribution in [0.2, 0.25) is 0 Å². The second kappa shape index (κ2) is 7.81. The molecule has 0 heterocycles. The molecule has 0 unspecified atom stereocenters. The highest BCUT2D eigenvalue weighted by Crippen LogP contribution is 2.19. The third-order valence-electron chi connectivity index (χ3n) is 3.75. The van der Waals surface area contributed by atoms with Crippen LogP contribution in [0.1, 0.15) is 37.8 Å². The maximum Gasteiger partial charge on any atom is 0.242 e. The summed E-state index contributed by atoms with van der Waals surface area (Å²) in [4.78, 5) is 27.3. The smallest absolute Gasteiger partial charge is 0.242 e. The number of benzene rings is 1. The van der Waals surface area contributed by atoms with Gasteiger partial charge in [0.2, 0.25) is 11.8 Å². The van der Waals surface area contributed by atoms with E-state index in [1.54, 1.807) is 11.9 Å². The minimum absolute atomic E-state index is 0.0307. The molecular formula is C17H26N2O2. The van der Waals surface area contributed by atoms with Gasteiger partial charge >= 0.3 is 0 Å². The van der Waals surface area contributed by atoms with E-state index in [-0.39, 0.29) is 18.4 Å². The maximum atomic E-state index is 12.2. The Labute approximate surface area is 127 Å². The molecule has 0 N–H and O–H groups in total. The summed E-state index contributed by atoms with van der Waals surface area (Å²) in [6.45, 7) is 8.45. The molecule has 4 heteroatoms. The van der Waals surface area contributed by atoms with Gasteiger partial charge in [-0.05, 0) is 43.5 Å². The average Bonchev–Trinajstić information content (AvgIpc) is 2.44. The fraction of sp³-hybridized carbons (Fsp3) is 0.529. The summed E-state index contributed by atoms with van der Waals surface area (Å²) in [5.41, 5.74) is 3.07. The van der Waals surface area contributed by atoms with Crippen LogP contribution in [0.3, 0.4) is 0 Å². The van der Waals surface area contributed by atoms with Gasteiger partial charge in [0, 0.05) is 26.2 Å². The van der Waals surface area contributed by atoms with Gasteiger partial charge < -0.3 is 9.80 Å². The summed E-state index contributed by atoms with van der Waals surface area (Å²) in [5, 5.41) is 0. The van der Waals surface area contributed by atoms with E-state index < -0.39 is 0 Å². The van der Waals surface area contributed by atoms with Crippen LogP contribution in [0.5, 0.6) is 0 Å². The highest BCUT2D eigenvalue weighted by atomic mass is 16.2. The largest absolute Gasteiger partial charge is 0.344 e. The van der Waals surface area contributed by atoms with E-state index in [4.69, 9.17) is 0 Å². The maximum absolute atomic E-state index is 12.2. The van der Waals surface area contributed by atoms with Crippen LogP contribution in [0.4, 0.5) is 5.69 Å². The Kier molecular flexibility index (Phi) is 6.40. The average molecular weight is 290 g/mol. The Hall–Kier alpha value is -1.84. The number of nitrogens with zero attached hydrogens (tertiary/aromatic N) is 2. The minimum Gasteiger partial charge on any atom is -0.344 e. The van der Waals surface area contributed by atoms with E-state index in [0.29, 0.717) is 0 Å². The van der Waals surface area contributed by atoms with Crippen molar-refractivity contribution in [3.8, 4) is 0 Å². The lowest BCUT2D eigenvalue weighted by molar-refractivity contribution is -0.130. The molecule has 1 rings (SSSR count). The number of hydrogen-bond donors (Lipinski definition) is 0. The Morgan fingerprint density at radius 1 is 1.14 bits per heavy atom. The second-order valence-electron chi connectivity index (χ2n) is 5.54. The zero-order chi connectivity index (χ0) is 16.0. The third-order valence-corrected chi connectivity index (χ3v) is 3.75. The van der Waals surface area contributed by atoms with Gasteiger partial charge in [-0.3, -0.25) is 9.59 Å². The summed E-state index contributed by atoms with van der Waals surface area (Å²) in [5.74, 6) is -0.146. The standard InChI is InChI=1S/C17H26N2O2/c1-6-7-10-18(5)17(21)12-19(15(4)20)16-9-8-13(2)14(3)11-16/h8-9,11H,6-7,10,12H2,1-5H3. The van der Waals surface area contributed by atoms with Crippen LogP contribution in [0, 0.1) is 13.8 Å². The Bertz CT molecular complexity index is 512. The van der Waals surface area contributed by atoms with Gasteiger partial charge in [0.05, 0.1) is 0 Å². The zero-order valence-electron chi connectivity index (χ0n) is 13.8. The molecule has 0 aromatic heterocycles. The summed E-state index contributed by atoms with van der Waals surface area (Å²) >= 11 is 0. The molecule has 0 radical (unpaired) electrons. The number of hydrogen-bond acceptors (Lipinski definition) is 2. The highest BCUT2D eigenvalue weighted by molar-refractivity contribution is 5.97. The molecule has 1 aromatic rings. The van der Waals surface area contributed by atoms with Gasteiger partial charge in [0.1, 0.15) is 6.54 Å². The van der Waals surface area contributed by atoms with Crippen molar-refractivity contribution in [2.75, 3.05) is 25.0 Å². The zero-order valence-corrected chi connectivity index (χ0v) is 13.8. The predicted octanol–water partition coefficient (Wildman–Crippen LogP) is 2.91. The van der Waals surface area contributed by atoms with E-state index in [0.717, 1.165) is 30.6 Å². The van der Waals surface area contributed by atoms with E-state index >= 15 is 0 Å². The molecular weight excluding hydrogens is 264 g/mol. The van der Waals surface area contributed by atoms with Crippen LogP contribution in [0.15, 0.2) is 18.2 Å². The second-order valence-corrected chi connectivity index (χ2v) is 5.54. The molecule has 0 aliphatic rings. The number of aryl methyl sites for hydroxylation is 2. The molecule has 0 aliphatic carbocycles. The normalized spacial score (nSPS) is 10.3. The lowest BCUT2D eigenvalue weighted by Gasteiger charge is -2.25. The van der Waals surface area contributed by atoms with E-state index in [1.165, 1.54) is 17.4 Å². The number of amides is 2. The van der Waals surface area contributed by atoms with Gasteiger partial charge in [-0.2, -0.15) is 0 Å². The van der Waals surface area contributed by atoms with Crippen LogP contribution in [-0.4, -0.2) is 36.9 Å². The van der Waals surface area contributed by atoms with Crippen LogP contribution < -0.4 is 4.90 Å². The van der Waals surface area contributed by atoms with Gasteiger partial charge in [0.15, 0.2) is 0 Å². The van der Waals surface area contributed by atoms with E-state index in [9.17, 15) is 9.59 Å².